The highest BCUT2D eigenvalue weighted by molar-refractivity contribution is 8.45. The van der Waals surface area contributed by atoms with E-state index in [1.54, 1.807) is 24.3 Å². The quantitative estimate of drug-likeness (QED) is 0.0773. The molecule has 0 saturated carbocycles. The molecule has 0 heterocycles. The summed E-state index contributed by atoms with van der Waals surface area (Å²) in [5.41, 5.74) is -1.76. The van der Waals surface area contributed by atoms with Crippen LogP contribution in [0.4, 0.5) is 54.6 Å². The van der Waals surface area contributed by atoms with Gasteiger partial charge in [0.1, 0.15) is 52.7 Å². The van der Waals surface area contributed by atoms with E-state index in [1.807, 2.05) is 13.8 Å². The number of halogens is 13. The molecule has 1 nitrogen and oxygen atoms in total. The Kier molecular flexibility index (Phi) is 11.0. The molecule has 15 heteroatoms. The highest BCUT2D eigenvalue weighted by atomic mass is 32.5. The van der Waals surface area contributed by atoms with Crippen molar-refractivity contribution in [2.45, 2.75) is 56.5 Å². The van der Waals surface area contributed by atoms with Crippen LogP contribution in [0, 0.1) is 46.7 Å². The summed E-state index contributed by atoms with van der Waals surface area (Å²) in [6, 6.07) is 11.6. The molecular formula is C43H31F13OS. The van der Waals surface area contributed by atoms with Crippen LogP contribution in [0.2, 0.25) is 0 Å². The average Bonchev–Trinajstić information content (AvgIpc) is 3.10. The Morgan fingerprint density at radius 2 is 1.38 bits per heavy atom. The van der Waals surface area contributed by atoms with Gasteiger partial charge in [-0.05, 0) is 119 Å². The summed E-state index contributed by atoms with van der Waals surface area (Å²) >= 11 is 0. The number of benzene rings is 5. The van der Waals surface area contributed by atoms with E-state index >= 15 is 26.3 Å². The first-order valence-electron chi connectivity index (χ1n) is 17.8. The normalized spacial score (nSPS) is 16.9. The summed E-state index contributed by atoms with van der Waals surface area (Å²) in [6.45, 7) is 4.50. The summed E-state index contributed by atoms with van der Waals surface area (Å²) < 4.78 is 194. The molecule has 6 rings (SSSR count). The van der Waals surface area contributed by atoms with Gasteiger partial charge in [-0.15, -0.1) is 0 Å². The fourth-order valence-corrected chi connectivity index (χ4v) is 7.56. The van der Waals surface area contributed by atoms with Crippen molar-refractivity contribution in [3.63, 3.8) is 0 Å². The molecule has 5 aromatic rings. The number of hydrogen-bond donors (Lipinski definition) is 0. The molecule has 2 atom stereocenters. The second-order valence-corrected chi connectivity index (χ2v) is 16.0. The van der Waals surface area contributed by atoms with E-state index in [2.05, 4.69) is 11.8 Å². The summed E-state index contributed by atoms with van der Waals surface area (Å²) in [5, 5.41) is -1.25. The molecule has 0 bridgehead atoms. The summed E-state index contributed by atoms with van der Waals surface area (Å²) in [6.07, 6.45) is 0.878. The lowest BCUT2D eigenvalue weighted by Crippen LogP contribution is -2.19. The lowest BCUT2D eigenvalue weighted by Gasteiger charge is -2.40. The first-order valence-corrected chi connectivity index (χ1v) is 19.7. The highest BCUT2D eigenvalue weighted by Crippen LogP contribution is 3.02. The van der Waals surface area contributed by atoms with Gasteiger partial charge >= 0.3 is 10.2 Å². The second-order valence-electron chi connectivity index (χ2n) is 13.7. The van der Waals surface area contributed by atoms with E-state index in [1.165, 1.54) is 12.1 Å². The van der Waals surface area contributed by atoms with Crippen LogP contribution in [0.3, 0.4) is 0 Å². The number of alkyl halides is 1. The fourth-order valence-electron chi connectivity index (χ4n) is 6.70. The first kappa shape index (κ1) is 42.3. The third-order valence-corrected chi connectivity index (χ3v) is 10.5. The molecule has 0 aromatic heterocycles. The van der Waals surface area contributed by atoms with Crippen LogP contribution in [-0.2, 0) is 6.42 Å². The van der Waals surface area contributed by atoms with E-state index in [0.717, 1.165) is 25.0 Å². The summed E-state index contributed by atoms with van der Waals surface area (Å²) in [5.74, 6) is -8.35. The van der Waals surface area contributed by atoms with Crippen molar-refractivity contribution in [2.24, 2.45) is 0 Å². The van der Waals surface area contributed by atoms with Gasteiger partial charge in [-0.25, -0.2) is 35.1 Å². The highest BCUT2D eigenvalue weighted by Gasteiger charge is 2.69. The van der Waals surface area contributed by atoms with Crippen LogP contribution in [0.15, 0.2) is 89.6 Å². The number of rotatable bonds is 10. The minimum absolute atomic E-state index is 0.102. The van der Waals surface area contributed by atoms with Crippen LogP contribution >= 0.6 is 10.2 Å². The van der Waals surface area contributed by atoms with Crippen molar-refractivity contribution in [1.29, 1.82) is 0 Å². The smallest absolute Gasteiger partial charge is 0.315 e. The number of ether oxygens (including phenoxy) is 1. The molecule has 0 spiro atoms. The van der Waals surface area contributed by atoms with Crippen LogP contribution < -0.4 is 4.74 Å². The first-order chi connectivity index (χ1) is 27.1. The lowest BCUT2D eigenvalue weighted by atomic mass is 9.85. The number of unbranched alkanes of at least 4 members (excludes halogenated alkanes) is 1. The molecule has 58 heavy (non-hydrogen) atoms. The van der Waals surface area contributed by atoms with E-state index < -0.39 is 95.4 Å². The number of aryl methyl sites for hydroxylation is 1. The second kappa shape index (κ2) is 15.1. The van der Waals surface area contributed by atoms with Gasteiger partial charge in [0.2, 0.25) is 0 Å². The molecule has 5 aromatic carbocycles. The standard InChI is InChI=1S/C43H31F13OS/c1-3-5-13-57-30-11-8-23(9-12-30)7-10-25-16-32(44)31(15-24(25)6-4-2)26-14-27-18-36(48)41(42(51)40(27)35(47)17-26)29-19-33(45)39(34(46)20-29)28-21-37(49)43(38(50)22-28)58(52,53,54,55)56/h8-9,11-12,14-22,33,39H,3-6,13H2,1-2H3. The Morgan fingerprint density at radius 3 is 1.98 bits per heavy atom. The predicted molar refractivity (Wildman–Crippen MR) is 199 cm³/mol. The third kappa shape index (κ3) is 8.72. The molecule has 0 N–H and O–H groups in total. The summed E-state index contributed by atoms with van der Waals surface area (Å²) in [4.78, 5) is -3.50. The van der Waals surface area contributed by atoms with Crippen molar-refractivity contribution in [2.75, 3.05) is 6.61 Å². The number of fused-ring (bicyclic) bond motifs is 1. The van der Waals surface area contributed by atoms with Gasteiger partial charge in [0.05, 0.1) is 23.5 Å². The zero-order chi connectivity index (χ0) is 42.4. The molecule has 306 valence electrons. The Morgan fingerprint density at radius 1 is 0.707 bits per heavy atom. The Bertz CT molecular complexity index is 2550. The zero-order valence-corrected chi connectivity index (χ0v) is 31.2. The fraction of sp³-hybridized carbons (Fsp3) is 0.209. The van der Waals surface area contributed by atoms with E-state index in [-0.39, 0.29) is 23.3 Å². The maximum absolute atomic E-state index is 16.0. The molecule has 1 aliphatic rings. The van der Waals surface area contributed by atoms with Gasteiger partial charge in [-0.1, -0.05) is 58.0 Å². The molecule has 0 saturated heterocycles. The maximum atomic E-state index is 16.0. The summed E-state index contributed by atoms with van der Waals surface area (Å²) in [7, 11) is -10.9. The van der Waals surface area contributed by atoms with Crippen molar-refractivity contribution in [3.05, 3.63) is 147 Å². The average molecular weight is 843 g/mol. The molecule has 0 amide bonds. The van der Waals surface area contributed by atoms with E-state index in [0.29, 0.717) is 60.1 Å². The van der Waals surface area contributed by atoms with Crippen molar-refractivity contribution < 1.29 is 59.3 Å². The molecule has 0 aliphatic heterocycles. The minimum atomic E-state index is -10.9. The van der Waals surface area contributed by atoms with Crippen LogP contribution in [0.5, 0.6) is 5.75 Å². The zero-order valence-electron chi connectivity index (χ0n) is 30.4. The molecule has 1 aliphatic carbocycles. The van der Waals surface area contributed by atoms with Crippen LogP contribution in [-0.4, -0.2) is 12.8 Å². The van der Waals surface area contributed by atoms with Gasteiger partial charge in [0.25, 0.3) is 0 Å². The largest absolute Gasteiger partial charge is 0.494 e. The van der Waals surface area contributed by atoms with E-state index in [9.17, 15) is 28.2 Å². The molecular weight excluding hydrogens is 812 g/mol. The molecule has 0 radical (unpaired) electrons. The van der Waals surface area contributed by atoms with Gasteiger partial charge < -0.3 is 4.74 Å². The van der Waals surface area contributed by atoms with Crippen molar-refractivity contribution in [1.82, 2.24) is 0 Å². The molecule has 0 fully saturated rings. The Labute approximate surface area is 324 Å². The topological polar surface area (TPSA) is 9.23 Å². The monoisotopic (exact) mass is 842 g/mol. The van der Waals surface area contributed by atoms with Crippen molar-refractivity contribution >= 4 is 26.6 Å². The van der Waals surface area contributed by atoms with Crippen LogP contribution in [0.25, 0.3) is 27.5 Å². The van der Waals surface area contributed by atoms with E-state index in [4.69, 9.17) is 4.74 Å². The van der Waals surface area contributed by atoms with Crippen molar-refractivity contribution in [3.8, 4) is 28.7 Å². The lowest BCUT2D eigenvalue weighted by molar-refractivity contribution is 0.309. The van der Waals surface area contributed by atoms with Gasteiger partial charge in [0, 0.05) is 16.7 Å². The minimum Gasteiger partial charge on any atom is -0.494 e. The Balaban J connectivity index is 1.32. The predicted octanol–water partition coefficient (Wildman–Crippen LogP) is 14.9. The van der Waals surface area contributed by atoms with Crippen LogP contribution in [0.1, 0.15) is 66.8 Å². The van der Waals surface area contributed by atoms with Gasteiger partial charge in [-0.2, -0.15) is 0 Å². The Hall–Kier alpha value is -5.36. The molecule has 2 unspecified atom stereocenters. The van der Waals surface area contributed by atoms with Gasteiger partial charge in [0.15, 0.2) is 4.90 Å². The van der Waals surface area contributed by atoms with Gasteiger partial charge in [-0.3, -0.25) is 0 Å². The number of allylic oxidation sites excluding steroid dienone is 4. The maximum Gasteiger partial charge on any atom is 0.315 e. The third-order valence-electron chi connectivity index (χ3n) is 9.37. The SMILES string of the molecule is CCCCOc1ccc(C#Cc2cc(F)c(-c3cc(F)c4c(F)c(C5=CC(F)C(c6cc(F)c(S(F)(F)(F)(F)F)c(F)c6)C(F)=C5)c(F)cc4c3)cc2CCC)cc1. The number of hydrogen-bond acceptors (Lipinski definition) is 1.